The van der Waals surface area contributed by atoms with Gasteiger partial charge in [0.15, 0.2) is 0 Å². The van der Waals surface area contributed by atoms with Crippen molar-refractivity contribution < 1.29 is 0 Å². The molecule has 0 fully saturated rings. The summed E-state index contributed by atoms with van der Waals surface area (Å²) >= 11 is 4.84. The Bertz CT molecular complexity index is 360. The average Bonchev–Trinajstić information content (AvgIpc) is 2.61. The van der Waals surface area contributed by atoms with Gasteiger partial charge in [-0.25, -0.2) is 4.98 Å². The number of hydrogen-bond acceptors (Lipinski definition) is 3. The molecule has 12 heavy (non-hydrogen) atoms. The second-order valence-electron chi connectivity index (χ2n) is 2.26. The summed E-state index contributed by atoms with van der Waals surface area (Å²) in [6, 6.07) is 3.89. The lowest BCUT2D eigenvalue weighted by Gasteiger charge is -1.86. The molecule has 0 amide bonds. The Morgan fingerprint density at radius 2 is 2.42 bits per heavy atom. The molecule has 0 saturated carbocycles. The molecule has 0 unspecified atom stereocenters. The minimum atomic E-state index is 0.546. The minimum absolute atomic E-state index is 0.546. The van der Waals surface area contributed by atoms with Crippen LogP contribution in [0.1, 0.15) is 0 Å². The molecule has 2 heterocycles. The Morgan fingerprint density at radius 1 is 1.58 bits per heavy atom. The smallest absolute Gasteiger partial charge is 0.149 e. The Kier molecular flexibility index (Phi) is 1.90. The van der Waals surface area contributed by atoms with Gasteiger partial charge in [-0.3, -0.25) is 0 Å². The highest BCUT2D eigenvalue weighted by atomic mass is 79.9. The van der Waals surface area contributed by atoms with Crippen molar-refractivity contribution in [1.29, 1.82) is 0 Å². The first kappa shape index (κ1) is 7.82. The van der Waals surface area contributed by atoms with Crippen LogP contribution in [0.4, 0.5) is 5.82 Å². The first-order valence-electron chi connectivity index (χ1n) is 3.33. The molecule has 0 atom stereocenters. The molecule has 5 heteroatoms. The predicted molar refractivity (Wildman–Crippen MR) is 54.0 cm³/mol. The molecule has 2 aromatic heterocycles. The average molecular weight is 244 g/mol. The molecule has 3 nitrogen and oxygen atoms in total. The van der Waals surface area contributed by atoms with E-state index in [1.54, 1.807) is 0 Å². The number of nitrogen functional groups attached to an aromatic ring is 1. The molecule has 0 aliphatic rings. The van der Waals surface area contributed by atoms with E-state index in [4.69, 9.17) is 5.73 Å². The summed E-state index contributed by atoms with van der Waals surface area (Å²) in [5, 5.41) is 0.907. The molecule has 0 saturated heterocycles. The third-order valence-corrected chi connectivity index (χ3v) is 3.22. The number of halogens is 1. The van der Waals surface area contributed by atoms with E-state index in [9.17, 15) is 0 Å². The van der Waals surface area contributed by atoms with Gasteiger partial charge in [-0.1, -0.05) is 0 Å². The van der Waals surface area contributed by atoms with E-state index >= 15 is 0 Å². The fourth-order valence-electron chi connectivity index (χ4n) is 0.892. The maximum Gasteiger partial charge on any atom is 0.149 e. The number of thiazole rings is 1. The van der Waals surface area contributed by atoms with Crippen LogP contribution in [0, 0.1) is 0 Å². The summed E-state index contributed by atoms with van der Waals surface area (Å²) in [5.74, 6) is 0.546. The molecule has 62 valence electrons. The van der Waals surface area contributed by atoms with Crippen molar-refractivity contribution in [3.63, 3.8) is 0 Å². The van der Waals surface area contributed by atoms with Gasteiger partial charge in [0.1, 0.15) is 14.6 Å². The number of nitrogens with one attached hydrogen (secondary N) is 1. The van der Waals surface area contributed by atoms with Crippen LogP contribution >= 0.6 is 27.3 Å². The molecule has 0 aromatic carbocycles. The Balaban J connectivity index is 2.48. The standard InChI is InChI=1S/C7H6BrN3S/c8-5-6(9)11-7(12-5)4-2-1-3-10-4/h1-3,10H,9H2. The summed E-state index contributed by atoms with van der Waals surface area (Å²) in [6.07, 6.45) is 1.86. The number of aromatic amines is 1. The predicted octanol–water partition coefficient (Wildman–Crippen LogP) is 2.48. The van der Waals surface area contributed by atoms with E-state index < -0.39 is 0 Å². The van der Waals surface area contributed by atoms with Crippen LogP contribution in [0.25, 0.3) is 10.7 Å². The van der Waals surface area contributed by atoms with E-state index in [0.29, 0.717) is 5.82 Å². The molecular weight excluding hydrogens is 238 g/mol. The molecule has 2 rings (SSSR count). The zero-order valence-electron chi connectivity index (χ0n) is 6.04. The van der Waals surface area contributed by atoms with Gasteiger partial charge >= 0.3 is 0 Å². The van der Waals surface area contributed by atoms with E-state index in [-0.39, 0.29) is 0 Å². The molecule has 0 radical (unpaired) electrons. The van der Waals surface area contributed by atoms with Gasteiger partial charge in [0.2, 0.25) is 0 Å². The maximum absolute atomic E-state index is 5.59. The van der Waals surface area contributed by atoms with Crippen LogP contribution in [0.2, 0.25) is 0 Å². The van der Waals surface area contributed by atoms with Crippen LogP contribution in [0.5, 0.6) is 0 Å². The van der Waals surface area contributed by atoms with Crippen molar-refractivity contribution in [2.24, 2.45) is 0 Å². The summed E-state index contributed by atoms with van der Waals surface area (Å²) < 4.78 is 0.882. The van der Waals surface area contributed by atoms with Gasteiger partial charge < -0.3 is 10.7 Å². The van der Waals surface area contributed by atoms with Crippen molar-refractivity contribution in [1.82, 2.24) is 9.97 Å². The summed E-state index contributed by atoms with van der Waals surface area (Å²) in [4.78, 5) is 7.24. The first-order valence-corrected chi connectivity index (χ1v) is 4.94. The zero-order valence-corrected chi connectivity index (χ0v) is 8.45. The van der Waals surface area contributed by atoms with Gasteiger partial charge in [0, 0.05) is 6.20 Å². The summed E-state index contributed by atoms with van der Waals surface area (Å²) in [5.41, 5.74) is 6.58. The number of hydrogen-bond donors (Lipinski definition) is 2. The van der Waals surface area contributed by atoms with Crippen LogP contribution in [-0.4, -0.2) is 9.97 Å². The first-order chi connectivity index (χ1) is 5.77. The lowest BCUT2D eigenvalue weighted by molar-refractivity contribution is 1.34. The third kappa shape index (κ3) is 1.25. The van der Waals surface area contributed by atoms with Gasteiger partial charge in [-0.15, -0.1) is 11.3 Å². The number of anilines is 1. The zero-order chi connectivity index (χ0) is 8.55. The fraction of sp³-hybridized carbons (Fsp3) is 0. The van der Waals surface area contributed by atoms with Crippen LogP contribution in [0.15, 0.2) is 22.1 Å². The van der Waals surface area contributed by atoms with E-state index in [1.165, 1.54) is 11.3 Å². The largest absolute Gasteiger partial charge is 0.382 e. The number of nitrogens with zero attached hydrogens (tertiary/aromatic N) is 1. The van der Waals surface area contributed by atoms with E-state index in [1.807, 2.05) is 18.3 Å². The SMILES string of the molecule is Nc1nc(-c2ccc[nH]2)sc1Br. The Hall–Kier alpha value is -0.810. The number of rotatable bonds is 1. The quantitative estimate of drug-likeness (QED) is 0.809. The van der Waals surface area contributed by atoms with Crippen molar-refractivity contribution >= 4 is 33.1 Å². The van der Waals surface area contributed by atoms with Crippen molar-refractivity contribution in [2.75, 3.05) is 5.73 Å². The van der Waals surface area contributed by atoms with Gasteiger partial charge in [-0.2, -0.15) is 0 Å². The molecule has 3 N–H and O–H groups in total. The maximum atomic E-state index is 5.59. The topological polar surface area (TPSA) is 54.7 Å². The number of nitrogens with two attached hydrogens (primary N) is 1. The molecule has 0 spiro atoms. The number of H-pyrrole nitrogens is 1. The van der Waals surface area contributed by atoms with Crippen molar-refractivity contribution in [3.8, 4) is 10.7 Å². The highest BCUT2D eigenvalue weighted by Gasteiger charge is 2.07. The lowest BCUT2D eigenvalue weighted by atomic mass is 10.4. The fourth-order valence-corrected chi connectivity index (χ4v) is 2.14. The van der Waals surface area contributed by atoms with Crippen molar-refractivity contribution in [3.05, 3.63) is 22.1 Å². The van der Waals surface area contributed by atoms with Crippen molar-refractivity contribution in [2.45, 2.75) is 0 Å². The molecule has 0 aliphatic carbocycles. The Labute approximate surface area is 81.8 Å². The monoisotopic (exact) mass is 243 g/mol. The summed E-state index contributed by atoms with van der Waals surface area (Å²) in [6.45, 7) is 0. The molecule has 0 aliphatic heterocycles. The number of aromatic nitrogens is 2. The molecular formula is C7H6BrN3S. The highest BCUT2D eigenvalue weighted by Crippen LogP contribution is 2.32. The van der Waals surface area contributed by atoms with Gasteiger partial charge in [0.25, 0.3) is 0 Å². The highest BCUT2D eigenvalue weighted by molar-refractivity contribution is 9.11. The van der Waals surface area contributed by atoms with Crippen LogP contribution in [-0.2, 0) is 0 Å². The van der Waals surface area contributed by atoms with Gasteiger partial charge in [-0.05, 0) is 28.1 Å². The van der Waals surface area contributed by atoms with E-state index in [0.717, 1.165) is 14.5 Å². The van der Waals surface area contributed by atoms with Crippen LogP contribution < -0.4 is 5.73 Å². The third-order valence-electron chi connectivity index (χ3n) is 1.44. The molecule has 0 bridgehead atoms. The summed E-state index contributed by atoms with van der Waals surface area (Å²) in [7, 11) is 0. The van der Waals surface area contributed by atoms with E-state index in [2.05, 4.69) is 25.9 Å². The lowest BCUT2D eigenvalue weighted by Crippen LogP contribution is -1.84. The second-order valence-corrected chi connectivity index (χ2v) is 4.58. The van der Waals surface area contributed by atoms with Gasteiger partial charge in [0.05, 0.1) is 5.69 Å². The Morgan fingerprint density at radius 3 is 2.92 bits per heavy atom. The molecule has 2 aromatic rings. The second kappa shape index (κ2) is 2.91. The van der Waals surface area contributed by atoms with Crippen LogP contribution in [0.3, 0.4) is 0 Å². The minimum Gasteiger partial charge on any atom is -0.382 e. The normalized spacial score (nSPS) is 10.4.